The molecule has 0 aliphatic carbocycles. The van der Waals surface area contributed by atoms with Crippen LogP contribution in [-0.2, 0) is 6.61 Å². The zero-order valence-corrected chi connectivity index (χ0v) is 13.2. The van der Waals surface area contributed by atoms with Crippen molar-refractivity contribution < 1.29 is 9.13 Å². The lowest BCUT2D eigenvalue weighted by Gasteiger charge is -2.09. The van der Waals surface area contributed by atoms with Gasteiger partial charge in [0.05, 0.1) is 0 Å². The van der Waals surface area contributed by atoms with Gasteiger partial charge in [0.1, 0.15) is 18.2 Å². The predicted molar refractivity (Wildman–Crippen MR) is 89.9 cm³/mol. The Labute approximate surface area is 135 Å². The van der Waals surface area contributed by atoms with Crippen molar-refractivity contribution in [3.05, 3.63) is 83.4 Å². The normalized spacial score (nSPS) is 10.6. The van der Waals surface area contributed by atoms with Gasteiger partial charge in [-0.3, -0.25) is 4.98 Å². The largest absolute Gasteiger partial charge is 0.489 e. The fraction of sp³-hybridized carbons (Fsp3) is 0.150. The highest BCUT2D eigenvalue weighted by Gasteiger charge is 2.03. The van der Waals surface area contributed by atoms with Crippen LogP contribution in [0.4, 0.5) is 4.39 Å². The molecule has 0 N–H and O–H groups in total. The van der Waals surface area contributed by atoms with Gasteiger partial charge in [-0.25, -0.2) is 4.39 Å². The number of aryl methyl sites for hydroxylation is 2. The molecular weight excluding hydrogens is 289 g/mol. The molecule has 3 heteroatoms. The fourth-order valence-corrected chi connectivity index (χ4v) is 2.59. The van der Waals surface area contributed by atoms with Crippen LogP contribution in [0.5, 0.6) is 5.75 Å². The van der Waals surface area contributed by atoms with Crippen molar-refractivity contribution >= 4 is 0 Å². The van der Waals surface area contributed by atoms with E-state index in [1.807, 2.05) is 6.20 Å². The van der Waals surface area contributed by atoms with Gasteiger partial charge in [0.15, 0.2) is 0 Å². The highest BCUT2D eigenvalue weighted by atomic mass is 19.1. The molecule has 0 saturated carbocycles. The van der Waals surface area contributed by atoms with Crippen LogP contribution in [0.3, 0.4) is 0 Å². The molecule has 3 aromatic rings. The average Bonchev–Trinajstić information content (AvgIpc) is 2.52. The van der Waals surface area contributed by atoms with Gasteiger partial charge in [-0.15, -0.1) is 0 Å². The van der Waals surface area contributed by atoms with E-state index in [2.05, 4.69) is 43.1 Å². The number of pyridine rings is 1. The molecule has 23 heavy (non-hydrogen) atoms. The summed E-state index contributed by atoms with van der Waals surface area (Å²) in [6, 6.07) is 14.6. The molecule has 0 aliphatic heterocycles. The first kappa shape index (κ1) is 15.2. The summed E-state index contributed by atoms with van der Waals surface area (Å²) in [4.78, 5) is 4.30. The van der Waals surface area contributed by atoms with E-state index in [1.54, 1.807) is 18.3 Å². The summed E-state index contributed by atoms with van der Waals surface area (Å²) >= 11 is 0. The van der Waals surface area contributed by atoms with Crippen LogP contribution in [-0.4, -0.2) is 4.98 Å². The molecule has 0 unspecified atom stereocenters. The minimum atomic E-state index is -0.301. The van der Waals surface area contributed by atoms with E-state index in [1.165, 1.54) is 23.3 Å². The van der Waals surface area contributed by atoms with Gasteiger partial charge in [0.25, 0.3) is 0 Å². The van der Waals surface area contributed by atoms with Crippen molar-refractivity contribution in [1.82, 2.24) is 4.98 Å². The van der Waals surface area contributed by atoms with Gasteiger partial charge in [0, 0.05) is 29.6 Å². The zero-order chi connectivity index (χ0) is 16.2. The third-order valence-electron chi connectivity index (χ3n) is 3.55. The SMILES string of the molecule is Cc1cc(C)cc(-c2cncc(COc3cccc(F)c3)c2)c1. The molecule has 0 bridgehead atoms. The Kier molecular flexibility index (Phi) is 4.38. The van der Waals surface area contributed by atoms with Crippen LogP contribution in [0.1, 0.15) is 16.7 Å². The Morgan fingerprint density at radius 2 is 1.70 bits per heavy atom. The Morgan fingerprint density at radius 1 is 0.913 bits per heavy atom. The smallest absolute Gasteiger partial charge is 0.126 e. The van der Waals surface area contributed by atoms with Gasteiger partial charge in [-0.1, -0.05) is 35.4 Å². The lowest BCUT2D eigenvalue weighted by atomic mass is 10.0. The highest BCUT2D eigenvalue weighted by Crippen LogP contribution is 2.23. The van der Waals surface area contributed by atoms with Crippen molar-refractivity contribution in [3.63, 3.8) is 0 Å². The maximum Gasteiger partial charge on any atom is 0.126 e. The molecule has 0 aliphatic rings. The summed E-state index contributed by atoms with van der Waals surface area (Å²) in [5.41, 5.74) is 5.59. The number of hydrogen-bond acceptors (Lipinski definition) is 2. The number of nitrogens with zero attached hydrogens (tertiary/aromatic N) is 1. The third-order valence-corrected chi connectivity index (χ3v) is 3.55. The number of ether oxygens (including phenoxy) is 1. The summed E-state index contributed by atoms with van der Waals surface area (Å²) < 4.78 is 18.8. The van der Waals surface area contributed by atoms with Crippen molar-refractivity contribution in [2.24, 2.45) is 0 Å². The van der Waals surface area contributed by atoms with Gasteiger partial charge in [-0.2, -0.15) is 0 Å². The molecule has 0 radical (unpaired) electrons. The van der Waals surface area contributed by atoms with Crippen molar-refractivity contribution in [1.29, 1.82) is 0 Å². The van der Waals surface area contributed by atoms with Crippen molar-refractivity contribution in [2.75, 3.05) is 0 Å². The Bertz CT molecular complexity index is 809. The minimum Gasteiger partial charge on any atom is -0.489 e. The van der Waals surface area contributed by atoms with Crippen molar-refractivity contribution in [2.45, 2.75) is 20.5 Å². The Balaban J connectivity index is 1.79. The fourth-order valence-electron chi connectivity index (χ4n) is 2.59. The quantitative estimate of drug-likeness (QED) is 0.670. The van der Waals surface area contributed by atoms with Gasteiger partial charge in [-0.05, 0) is 37.6 Å². The second-order valence-electron chi connectivity index (χ2n) is 5.70. The van der Waals surface area contributed by atoms with Crippen LogP contribution < -0.4 is 4.74 Å². The summed E-state index contributed by atoms with van der Waals surface area (Å²) in [5.74, 6) is 0.214. The van der Waals surface area contributed by atoms with Crippen LogP contribution >= 0.6 is 0 Å². The molecule has 2 aromatic carbocycles. The third kappa shape index (κ3) is 3.95. The first-order valence-corrected chi connectivity index (χ1v) is 7.51. The molecule has 0 atom stereocenters. The molecule has 0 amide bonds. The topological polar surface area (TPSA) is 22.1 Å². The molecule has 2 nitrogen and oxygen atoms in total. The summed E-state index contributed by atoms with van der Waals surface area (Å²) in [5, 5.41) is 0. The van der Waals surface area contributed by atoms with E-state index in [4.69, 9.17) is 4.74 Å². The van der Waals surface area contributed by atoms with Crippen LogP contribution in [0.2, 0.25) is 0 Å². The van der Waals surface area contributed by atoms with Crippen LogP contribution in [0.25, 0.3) is 11.1 Å². The van der Waals surface area contributed by atoms with E-state index in [0.29, 0.717) is 12.4 Å². The number of aromatic nitrogens is 1. The van der Waals surface area contributed by atoms with E-state index in [0.717, 1.165) is 16.7 Å². The molecule has 0 spiro atoms. The maximum absolute atomic E-state index is 13.2. The standard InChI is InChI=1S/C20H18FNO/c1-14-6-15(2)8-17(7-14)18-9-16(11-22-12-18)13-23-20-5-3-4-19(21)10-20/h3-12H,13H2,1-2H3. The molecule has 116 valence electrons. The second-order valence-corrected chi connectivity index (χ2v) is 5.70. The maximum atomic E-state index is 13.2. The van der Waals surface area contributed by atoms with Crippen molar-refractivity contribution in [3.8, 4) is 16.9 Å². The highest BCUT2D eigenvalue weighted by molar-refractivity contribution is 5.64. The lowest BCUT2D eigenvalue weighted by Crippen LogP contribution is -1.97. The van der Waals surface area contributed by atoms with E-state index < -0.39 is 0 Å². The number of halogens is 1. The molecule has 0 fully saturated rings. The lowest BCUT2D eigenvalue weighted by molar-refractivity contribution is 0.304. The number of hydrogen-bond donors (Lipinski definition) is 0. The first-order valence-electron chi connectivity index (χ1n) is 7.51. The Morgan fingerprint density at radius 3 is 2.43 bits per heavy atom. The molecular formula is C20H18FNO. The predicted octanol–water partition coefficient (Wildman–Crippen LogP) is 5.08. The summed E-state index contributed by atoms with van der Waals surface area (Å²) in [6.45, 7) is 4.52. The first-order chi connectivity index (χ1) is 11.1. The molecule has 0 saturated heterocycles. The average molecular weight is 307 g/mol. The van der Waals surface area contributed by atoms with Crippen LogP contribution in [0.15, 0.2) is 60.9 Å². The molecule has 3 rings (SSSR count). The zero-order valence-electron chi connectivity index (χ0n) is 13.2. The molecule has 1 heterocycles. The molecule has 1 aromatic heterocycles. The van der Waals surface area contributed by atoms with E-state index in [-0.39, 0.29) is 5.82 Å². The number of rotatable bonds is 4. The monoisotopic (exact) mass is 307 g/mol. The van der Waals surface area contributed by atoms with Gasteiger partial charge >= 0.3 is 0 Å². The van der Waals surface area contributed by atoms with Gasteiger partial charge < -0.3 is 4.74 Å². The minimum absolute atomic E-state index is 0.301. The number of benzene rings is 2. The Hall–Kier alpha value is -2.68. The summed E-state index contributed by atoms with van der Waals surface area (Å²) in [6.07, 6.45) is 3.62. The second kappa shape index (κ2) is 6.61. The van der Waals surface area contributed by atoms with Gasteiger partial charge in [0.2, 0.25) is 0 Å². The van der Waals surface area contributed by atoms with E-state index in [9.17, 15) is 4.39 Å². The summed E-state index contributed by atoms with van der Waals surface area (Å²) in [7, 11) is 0. The van der Waals surface area contributed by atoms with Crippen LogP contribution in [0, 0.1) is 19.7 Å². The van der Waals surface area contributed by atoms with E-state index >= 15 is 0 Å².